The van der Waals surface area contributed by atoms with E-state index < -0.39 is 0 Å². The number of anilines is 2. The van der Waals surface area contributed by atoms with Gasteiger partial charge in [-0.15, -0.1) is 11.3 Å². The van der Waals surface area contributed by atoms with Crippen LogP contribution in [0.3, 0.4) is 0 Å². The Morgan fingerprint density at radius 3 is 2.82 bits per heavy atom. The summed E-state index contributed by atoms with van der Waals surface area (Å²) in [6.45, 7) is 9.85. The summed E-state index contributed by atoms with van der Waals surface area (Å²) in [5.41, 5.74) is 6.83. The summed E-state index contributed by atoms with van der Waals surface area (Å²) in [6, 6.07) is 8.25. The first-order valence-electron chi connectivity index (χ1n) is 13.9. The normalized spacial score (nSPS) is 17.2. The van der Waals surface area contributed by atoms with Gasteiger partial charge in [0, 0.05) is 37.6 Å². The fourth-order valence-corrected chi connectivity index (χ4v) is 6.37. The fourth-order valence-electron chi connectivity index (χ4n) is 5.66. The molecule has 0 spiro atoms. The lowest BCUT2D eigenvalue weighted by molar-refractivity contribution is 0.156. The van der Waals surface area contributed by atoms with Crippen LogP contribution in [0.4, 0.5) is 16.3 Å². The number of piperidine rings is 1. The lowest BCUT2D eigenvalue weighted by Crippen LogP contribution is -2.45. The molecule has 0 aliphatic carbocycles. The van der Waals surface area contributed by atoms with Crippen molar-refractivity contribution in [2.45, 2.75) is 33.1 Å². The van der Waals surface area contributed by atoms with Crippen molar-refractivity contribution in [3.8, 4) is 0 Å². The molecule has 2 aliphatic heterocycles. The number of carbonyl (C=O) groups is 1. The minimum Gasteiger partial charge on any atom is -0.340 e. The van der Waals surface area contributed by atoms with Gasteiger partial charge in [0.15, 0.2) is 0 Å². The molecule has 0 saturated carbocycles. The van der Waals surface area contributed by atoms with Crippen LogP contribution < -0.4 is 10.6 Å². The van der Waals surface area contributed by atoms with E-state index in [1.807, 2.05) is 22.5 Å². The van der Waals surface area contributed by atoms with Crippen LogP contribution in [0.5, 0.6) is 0 Å². The van der Waals surface area contributed by atoms with Gasteiger partial charge >= 0.3 is 6.03 Å². The zero-order valence-electron chi connectivity index (χ0n) is 22.6. The first-order chi connectivity index (χ1) is 19.0. The molecule has 0 radical (unpaired) electrons. The Morgan fingerprint density at radius 1 is 1.15 bits per heavy atom. The van der Waals surface area contributed by atoms with Crippen molar-refractivity contribution < 1.29 is 4.79 Å². The third kappa shape index (κ3) is 5.77. The molecular formula is C29H36N8OS. The molecule has 39 heavy (non-hydrogen) atoms. The molecule has 1 aromatic carbocycles. The molecule has 2 amide bonds. The minimum absolute atomic E-state index is 0.0225. The molecule has 0 atom stereocenters. The molecule has 1 saturated heterocycles. The van der Waals surface area contributed by atoms with Gasteiger partial charge in [-0.1, -0.05) is 19.9 Å². The maximum atomic E-state index is 12.8. The monoisotopic (exact) mass is 544 g/mol. The Bertz CT molecular complexity index is 1480. The van der Waals surface area contributed by atoms with E-state index in [0.717, 1.165) is 76.3 Å². The van der Waals surface area contributed by atoms with Crippen LogP contribution in [0.1, 0.15) is 38.8 Å². The summed E-state index contributed by atoms with van der Waals surface area (Å²) in [4.78, 5) is 33.9. The van der Waals surface area contributed by atoms with E-state index in [1.54, 1.807) is 17.7 Å². The molecule has 1 fully saturated rings. The van der Waals surface area contributed by atoms with Gasteiger partial charge in [-0.3, -0.25) is 0 Å². The number of aromatic nitrogens is 4. The molecule has 0 bridgehead atoms. The third-order valence-electron chi connectivity index (χ3n) is 8.14. The number of likely N-dealkylation sites (tertiary alicyclic amines) is 1. The molecule has 204 valence electrons. The van der Waals surface area contributed by atoms with Gasteiger partial charge in [-0.05, 0) is 74.0 Å². The number of aromatic amines is 1. The van der Waals surface area contributed by atoms with Crippen molar-refractivity contribution in [2.24, 2.45) is 11.8 Å². The second-order valence-electron chi connectivity index (χ2n) is 10.9. The Labute approximate surface area is 232 Å². The van der Waals surface area contributed by atoms with Gasteiger partial charge in [-0.25, -0.2) is 19.7 Å². The number of benzene rings is 1. The molecule has 0 unspecified atom stereocenters. The summed E-state index contributed by atoms with van der Waals surface area (Å²) >= 11 is 1.62. The summed E-state index contributed by atoms with van der Waals surface area (Å²) < 4.78 is 1.13. The number of thiazole rings is 1. The average Bonchev–Trinajstić information content (AvgIpc) is 3.61. The number of H-pyrrole nitrogens is 1. The highest BCUT2D eigenvalue weighted by Gasteiger charge is 2.22. The molecule has 5 heterocycles. The van der Waals surface area contributed by atoms with Crippen molar-refractivity contribution in [1.82, 2.24) is 35.1 Å². The van der Waals surface area contributed by atoms with Crippen LogP contribution >= 0.6 is 11.3 Å². The largest absolute Gasteiger partial charge is 0.340 e. The van der Waals surface area contributed by atoms with Crippen molar-refractivity contribution in [3.63, 3.8) is 0 Å². The van der Waals surface area contributed by atoms with Crippen molar-refractivity contribution in [2.75, 3.05) is 44.6 Å². The summed E-state index contributed by atoms with van der Waals surface area (Å²) in [6.07, 6.45) is 7.05. The number of carbonyl (C=O) groups excluding carboxylic acids is 1. The van der Waals surface area contributed by atoms with Gasteiger partial charge in [0.25, 0.3) is 0 Å². The van der Waals surface area contributed by atoms with Gasteiger partial charge in [-0.2, -0.15) is 0 Å². The SMILES string of the molecule is CC(C)C1CCN(CCNC(=O)N2CC=C(c3cc4c(Nc5ccc6ncsc6c5)ncnc4[nH]3)CC2)CC1. The van der Waals surface area contributed by atoms with Crippen molar-refractivity contribution in [1.29, 1.82) is 0 Å². The smallest absolute Gasteiger partial charge is 0.317 e. The molecule has 9 nitrogen and oxygen atoms in total. The number of nitrogens with zero attached hydrogens (tertiary/aromatic N) is 5. The van der Waals surface area contributed by atoms with Crippen LogP contribution in [0.15, 0.2) is 42.2 Å². The van der Waals surface area contributed by atoms with Gasteiger partial charge in [0.05, 0.1) is 21.1 Å². The highest BCUT2D eigenvalue weighted by Crippen LogP contribution is 2.30. The molecule has 3 aromatic heterocycles. The Kier molecular flexibility index (Phi) is 7.47. The highest BCUT2D eigenvalue weighted by atomic mass is 32.1. The number of amides is 2. The average molecular weight is 545 g/mol. The lowest BCUT2D eigenvalue weighted by Gasteiger charge is -2.34. The summed E-state index contributed by atoms with van der Waals surface area (Å²) in [7, 11) is 0. The maximum Gasteiger partial charge on any atom is 0.317 e. The molecule has 3 N–H and O–H groups in total. The standard InChI is InChI=1S/C29H36N8OS/c1-19(2)20-5-10-36(11-6-20)14-9-30-29(38)37-12-7-21(8-13-37)25-16-23-27(31-17-32-28(23)35-25)34-22-3-4-24-26(15-22)39-18-33-24/h3-4,7,15-20H,5-6,8-14H2,1-2H3,(H,30,38)(H2,31,32,34,35). The fraction of sp³-hybridized carbons (Fsp3) is 0.448. The second kappa shape index (κ2) is 11.3. The van der Waals surface area contributed by atoms with E-state index >= 15 is 0 Å². The number of urea groups is 1. The quantitative estimate of drug-likeness (QED) is 0.285. The molecule has 6 rings (SSSR count). The zero-order valence-corrected chi connectivity index (χ0v) is 23.4. The summed E-state index contributed by atoms with van der Waals surface area (Å²) in [5.74, 6) is 2.37. The van der Waals surface area contributed by atoms with E-state index in [4.69, 9.17) is 0 Å². The number of hydrogen-bond donors (Lipinski definition) is 3. The van der Waals surface area contributed by atoms with Crippen LogP contribution in [0.2, 0.25) is 0 Å². The summed E-state index contributed by atoms with van der Waals surface area (Å²) in [5, 5.41) is 7.51. The van der Waals surface area contributed by atoms with Crippen LogP contribution in [0, 0.1) is 11.8 Å². The van der Waals surface area contributed by atoms with Crippen LogP contribution in [-0.2, 0) is 0 Å². The van der Waals surface area contributed by atoms with E-state index in [9.17, 15) is 4.79 Å². The van der Waals surface area contributed by atoms with Crippen LogP contribution in [-0.4, -0.2) is 75.0 Å². The second-order valence-corrected chi connectivity index (χ2v) is 11.8. The van der Waals surface area contributed by atoms with E-state index in [0.29, 0.717) is 19.6 Å². The number of fused-ring (bicyclic) bond motifs is 2. The Balaban J connectivity index is 1.04. The number of nitrogens with one attached hydrogen (secondary N) is 3. The lowest BCUT2D eigenvalue weighted by atomic mass is 9.87. The predicted octanol–water partition coefficient (Wildman–Crippen LogP) is 5.48. The van der Waals surface area contributed by atoms with Crippen LogP contribution in [0.25, 0.3) is 26.8 Å². The van der Waals surface area contributed by atoms with E-state index in [-0.39, 0.29) is 6.03 Å². The number of hydrogen-bond acceptors (Lipinski definition) is 7. The predicted molar refractivity (Wildman–Crippen MR) is 158 cm³/mol. The molecule has 4 aromatic rings. The van der Waals surface area contributed by atoms with Crippen molar-refractivity contribution in [3.05, 3.63) is 47.9 Å². The van der Waals surface area contributed by atoms with Crippen molar-refractivity contribution >= 4 is 55.7 Å². The third-order valence-corrected chi connectivity index (χ3v) is 8.93. The first kappa shape index (κ1) is 25.8. The van der Waals surface area contributed by atoms with Gasteiger partial charge in [0.1, 0.15) is 17.8 Å². The Hall–Kier alpha value is -3.50. The molecular weight excluding hydrogens is 508 g/mol. The maximum absolute atomic E-state index is 12.8. The van der Waals surface area contributed by atoms with E-state index in [2.05, 4.69) is 67.5 Å². The highest BCUT2D eigenvalue weighted by molar-refractivity contribution is 7.16. The molecule has 2 aliphatic rings. The van der Waals surface area contributed by atoms with E-state index in [1.165, 1.54) is 18.4 Å². The molecule has 10 heteroatoms. The topological polar surface area (TPSA) is 102 Å². The first-order valence-corrected chi connectivity index (χ1v) is 14.8. The number of rotatable bonds is 7. The zero-order chi connectivity index (χ0) is 26.8. The Morgan fingerprint density at radius 2 is 2.03 bits per heavy atom. The minimum atomic E-state index is 0.0225. The van der Waals surface area contributed by atoms with Gasteiger partial charge in [0.2, 0.25) is 0 Å². The van der Waals surface area contributed by atoms with Gasteiger partial charge < -0.3 is 25.4 Å².